The first kappa shape index (κ1) is 15.0. The average Bonchev–Trinajstić information content (AvgIpc) is 2.86. The third kappa shape index (κ3) is 2.83. The van der Waals surface area contributed by atoms with Crippen molar-refractivity contribution in [2.45, 2.75) is 13.8 Å². The molecule has 116 valence electrons. The zero-order valence-corrected chi connectivity index (χ0v) is 13.5. The Labute approximate surface area is 133 Å². The van der Waals surface area contributed by atoms with E-state index < -0.39 is 0 Å². The van der Waals surface area contributed by atoms with Crippen molar-refractivity contribution in [3.05, 3.63) is 45.7 Å². The molecule has 1 aliphatic heterocycles. The van der Waals surface area contributed by atoms with E-state index in [4.69, 9.17) is 0 Å². The highest BCUT2D eigenvalue weighted by Crippen LogP contribution is 2.23. The van der Waals surface area contributed by atoms with Crippen LogP contribution in [0.2, 0.25) is 0 Å². The monoisotopic (exact) mass is 319 g/mol. The lowest BCUT2D eigenvalue weighted by Crippen LogP contribution is -2.49. The summed E-state index contributed by atoms with van der Waals surface area (Å²) in [6, 6.07) is 6.77. The van der Waals surface area contributed by atoms with Gasteiger partial charge in [-0.1, -0.05) is 12.1 Å². The summed E-state index contributed by atoms with van der Waals surface area (Å²) in [4.78, 5) is 21.4. The maximum absolute atomic E-state index is 13.8. The lowest BCUT2D eigenvalue weighted by atomic mass is 10.2. The van der Waals surface area contributed by atoms with Gasteiger partial charge in [-0.05, 0) is 26.0 Å². The summed E-state index contributed by atoms with van der Waals surface area (Å²) in [7, 11) is 0. The number of anilines is 1. The number of thiazole rings is 1. The first-order chi connectivity index (χ1) is 10.6. The van der Waals surface area contributed by atoms with E-state index in [0.717, 1.165) is 15.6 Å². The fourth-order valence-electron chi connectivity index (χ4n) is 2.73. The molecule has 0 aliphatic carbocycles. The Bertz CT molecular complexity index is 692. The Balaban J connectivity index is 1.68. The van der Waals surface area contributed by atoms with Gasteiger partial charge in [0.25, 0.3) is 5.91 Å². The predicted octanol–water partition coefficient (Wildman–Crippen LogP) is 2.86. The largest absolute Gasteiger partial charge is 0.366 e. The molecule has 3 rings (SSSR count). The first-order valence-corrected chi connectivity index (χ1v) is 8.10. The number of halogens is 1. The molecule has 6 heteroatoms. The number of carbonyl (C=O) groups is 1. The molecule has 1 aliphatic rings. The lowest BCUT2D eigenvalue weighted by Gasteiger charge is -2.36. The minimum absolute atomic E-state index is 0.0382. The smallest absolute Gasteiger partial charge is 0.265 e. The number of piperazine rings is 1. The number of carbonyl (C=O) groups excluding carboxylic acids is 1. The van der Waals surface area contributed by atoms with Gasteiger partial charge < -0.3 is 9.80 Å². The van der Waals surface area contributed by atoms with E-state index in [2.05, 4.69) is 4.98 Å². The second-order valence-corrected chi connectivity index (χ2v) is 6.58. The molecular weight excluding hydrogens is 301 g/mol. The number of para-hydroxylation sites is 1. The zero-order valence-electron chi connectivity index (χ0n) is 12.7. The molecule has 1 fully saturated rings. The lowest BCUT2D eigenvalue weighted by molar-refractivity contribution is 0.0750. The van der Waals surface area contributed by atoms with Crippen molar-refractivity contribution in [1.82, 2.24) is 9.88 Å². The van der Waals surface area contributed by atoms with E-state index in [9.17, 15) is 9.18 Å². The number of hydrogen-bond acceptors (Lipinski definition) is 4. The molecule has 1 amide bonds. The van der Waals surface area contributed by atoms with Crippen LogP contribution < -0.4 is 4.90 Å². The fourth-order valence-corrected chi connectivity index (χ4v) is 3.62. The van der Waals surface area contributed by atoms with Gasteiger partial charge in [0, 0.05) is 26.2 Å². The normalized spacial score (nSPS) is 15.2. The molecule has 1 saturated heterocycles. The van der Waals surface area contributed by atoms with Gasteiger partial charge in [-0.3, -0.25) is 4.79 Å². The topological polar surface area (TPSA) is 36.4 Å². The molecule has 0 radical (unpaired) electrons. The van der Waals surface area contributed by atoms with Gasteiger partial charge in [-0.15, -0.1) is 11.3 Å². The number of hydrogen-bond donors (Lipinski definition) is 0. The van der Waals surface area contributed by atoms with E-state index in [1.54, 1.807) is 12.1 Å². The van der Waals surface area contributed by atoms with E-state index >= 15 is 0 Å². The molecule has 0 atom stereocenters. The van der Waals surface area contributed by atoms with E-state index in [1.165, 1.54) is 17.4 Å². The van der Waals surface area contributed by atoms with Crippen molar-refractivity contribution in [2.24, 2.45) is 0 Å². The van der Waals surface area contributed by atoms with Crippen molar-refractivity contribution in [2.75, 3.05) is 31.1 Å². The van der Waals surface area contributed by atoms with Gasteiger partial charge in [0.2, 0.25) is 0 Å². The second kappa shape index (κ2) is 6.04. The minimum atomic E-state index is -0.212. The summed E-state index contributed by atoms with van der Waals surface area (Å²) >= 11 is 1.44. The van der Waals surface area contributed by atoms with E-state index in [1.807, 2.05) is 29.7 Å². The van der Waals surface area contributed by atoms with Crippen molar-refractivity contribution < 1.29 is 9.18 Å². The maximum atomic E-state index is 13.8. The van der Waals surface area contributed by atoms with Crippen molar-refractivity contribution in [1.29, 1.82) is 0 Å². The van der Waals surface area contributed by atoms with Gasteiger partial charge in [0.1, 0.15) is 10.7 Å². The highest BCUT2D eigenvalue weighted by molar-refractivity contribution is 7.13. The summed E-state index contributed by atoms with van der Waals surface area (Å²) in [5, 5.41) is 0.908. The standard InChI is InChI=1S/C16H18FN3OS/c1-11-15(22-12(2)18-11)16(21)20-9-7-19(8-10-20)14-6-4-3-5-13(14)17/h3-6H,7-10H2,1-2H3. The summed E-state index contributed by atoms with van der Waals surface area (Å²) in [5.41, 5.74) is 1.41. The minimum Gasteiger partial charge on any atom is -0.366 e. The quantitative estimate of drug-likeness (QED) is 0.854. The average molecular weight is 319 g/mol. The molecule has 2 heterocycles. The van der Waals surface area contributed by atoms with Gasteiger partial charge in [0.05, 0.1) is 16.4 Å². The van der Waals surface area contributed by atoms with Crippen LogP contribution in [0, 0.1) is 19.7 Å². The van der Waals surface area contributed by atoms with E-state index in [0.29, 0.717) is 31.9 Å². The number of benzene rings is 1. The van der Waals surface area contributed by atoms with Gasteiger partial charge in [-0.2, -0.15) is 0 Å². The molecule has 4 nitrogen and oxygen atoms in total. The summed E-state index contributed by atoms with van der Waals surface area (Å²) < 4.78 is 13.8. The third-order valence-corrected chi connectivity index (χ3v) is 4.92. The zero-order chi connectivity index (χ0) is 15.7. The number of nitrogens with zero attached hydrogens (tertiary/aromatic N) is 3. The number of amides is 1. The maximum Gasteiger partial charge on any atom is 0.265 e. The molecule has 1 aromatic carbocycles. The second-order valence-electron chi connectivity index (χ2n) is 5.38. The Morgan fingerprint density at radius 3 is 2.45 bits per heavy atom. The first-order valence-electron chi connectivity index (χ1n) is 7.29. The van der Waals surface area contributed by atoms with Crippen LogP contribution in [-0.4, -0.2) is 42.0 Å². The van der Waals surface area contributed by atoms with Crippen LogP contribution in [-0.2, 0) is 0 Å². The highest BCUT2D eigenvalue weighted by atomic mass is 32.1. The molecule has 0 spiro atoms. The van der Waals surface area contributed by atoms with Crippen LogP contribution in [0.25, 0.3) is 0 Å². The fraction of sp³-hybridized carbons (Fsp3) is 0.375. The molecule has 22 heavy (non-hydrogen) atoms. The summed E-state index contributed by atoms with van der Waals surface area (Å²) in [6.45, 7) is 6.26. The molecule has 2 aromatic rings. The van der Waals surface area contributed by atoms with Crippen LogP contribution in [0.1, 0.15) is 20.4 Å². The van der Waals surface area contributed by atoms with Crippen LogP contribution in [0.3, 0.4) is 0 Å². The van der Waals surface area contributed by atoms with E-state index in [-0.39, 0.29) is 11.7 Å². The van der Waals surface area contributed by atoms with Crippen LogP contribution in [0.5, 0.6) is 0 Å². The molecule has 1 aromatic heterocycles. The molecule has 0 bridgehead atoms. The Hall–Kier alpha value is -1.95. The van der Waals surface area contributed by atoms with Gasteiger partial charge in [-0.25, -0.2) is 9.37 Å². The molecule has 0 N–H and O–H groups in total. The third-order valence-electron chi connectivity index (χ3n) is 3.86. The Kier molecular flexibility index (Phi) is 4.11. The molecular formula is C16H18FN3OS. The Morgan fingerprint density at radius 1 is 1.18 bits per heavy atom. The van der Waals surface area contributed by atoms with Crippen LogP contribution in [0.4, 0.5) is 10.1 Å². The molecule has 0 unspecified atom stereocenters. The van der Waals surface area contributed by atoms with Crippen molar-refractivity contribution in [3.8, 4) is 0 Å². The van der Waals surface area contributed by atoms with Gasteiger partial charge >= 0.3 is 0 Å². The summed E-state index contributed by atoms with van der Waals surface area (Å²) in [6.07, 6.45) is 0. The number of rotatable bonds is 2. The van der Waals surface area contributed by atoms with Crippen molar-refractivity contribution in [3.63, 3.8) is 0 Å². The number of aromatic nitrogens is 1. The summed E-state index contributed by atoms with van der Waals surface area (Å²) in [5.74, 6) is -0.174. The molecule has 0 saturated carbocycles. The number of aryl methyl sites for hydroxylation is 2. The van der Waals surface area contributed by atoms with Crippen LogP contribution >= 0.6 is 11.3 Å². The van der Waals surface area contributed by atoms with Crippen molar-refractivity contribution >= 4 is 22.9 Å². The highest BCUT2D eigenvalue weighted by Gasteiger charge is 2.25. The van der Waals surface area contributed by atoms with Crippen LogP contribution in [0.15, 0.2) is 24.3 Å². The SMILES string of the molecule is Cc1nc(C)c(C(=O)N2CCN(c3ccccc3F)CC2)s1. The Morgan fingerprint density at radius 2 is 1.86 bits per heavy atom. The predicted molar refractivity (Wildman–Crippen MR) is 86.1 cm³/mol. The van der Waals surface area contributed by atoms with Gasteiger partial charge in [0.15, 0.2) is 0 Å².